The molecule has 0 aliphatic heterocycles. The van der Waals surface area contributed by atoms with Crippen molar-refractivity contribution in [1.29, 1.82) is 0 Å². The molecule has 3 heteroatoms. The molecular formula is C7H12INS. The Bertz CT molecular complexity index is 163. The number of rotatable bonds is 3. The Morgan fingerprint density at radius 2 is 2.00 bits per heavy atom. The molecule has 0 bridgehead atoms. The van der Waals surface area contributed by atoms with Gasteiger partial charge in [0.25, 0.3) is 0 Å². The van der Waals surface area contributed by atoms with Gasteiger partial charge in [0.15, 0.2) is 0 Å². The maximum Gasteiger partial charge on any atom is 0.0453 e. The highest BCUT2D eigenvalue weighted by Crippen LogP contribution is 2.12. The summed E-state index contributed by atoms with van der Waals surface area (Å²) >= 11 is 7.26. The van der Waals surface area contributed by atoms with Crippen LogP contribution in [-0.4, -0.2) is 11.4 Å². The van der Waals surface area contributed by atoms with E-state index in [1.54, 1.807) is 0 Å². The number of nitrogens with one attached hydrogen (secondary N) is 1. The van der Waals surface area contributed by atoms with Crippen molar-refractivity contribution in [2.75, 3.05) is 6.54 Å². The van der Waals surface area contributed by atoms with Gasteiger partial charge in [-0.25, -0.2) is 0 Å². The molecule has 0 aliphatic rings. The quantitative estimate of drug-likeness (QED) is 0.480. The number of allylic oxidation sites excluding steroid dienone is 2. The van der Waals surface area contributed by atoms with Crippen molar-refractivity contribution in [2.24, 2.45) is 0 Å². The molecule has 0 aromatic rings. The fourth-order valence-electron chi connectivity index (χ4n) is 0.607. The number of halogens is 1. The minimum atomic E-state index is 0.957. The van der Waals surface area contributed by atoms with Crippen molar-refractivity contribution in [1.82, 2.24) is 5.32 Å². The van der Waals surface area contributed by atoms with E-state index in [9.17, 15) is 0 Å². The third-order valence-corrected chi connectivity index (χ3v) is 3.27. The minimum Gasteiger partial charge on any atom is -0.388 e. The molecule has 0 aliphatic carbocycles. The van der Waals surface area contributed by atoms with Gasteiger partial charge in [0, 0.05) is 20.7 Å². The molecule has 10 heavy (non-hydrogen) atoms. The maximum absolute atomic E-state index is 5.00. The molecule has 0 fully saturated rings. The van der Waals surface area contributed by atoms with Crippen molar-refractivity contribution in [2.45, 2.75) is 20.8 Å². The third kappa shape index (κ3) is 3.51. The van der Waals surface area contributed by atoms with Crippen molar-refractivity contribution >= 4 is 39.7 Å². The van der Waals surface area contributed by atoms with Gasteiger partial charge in [-0.3, -0.25) is 0 Å². The summed E-state index contributed by atoms with van der Waals surface area (Å²) in [5.74, 6) is 0. The number of hydrogen-bond acceptors (Lipinski definition) is 2. The van der Waals surface area contributed by atoms with E-state index in [2.05, 4.69) is 34.8 Å². The molecule has 0 radical (unpaired) electrons. The molecule has 58 valence electrons. The van der Waals surface area contributed by atoms with E-state index in [4.69, 9.17) is 12.2 Å². The second-order valence-electron chi connectivity index (χ2n) is 2.03. The first kappa shape index (κ1) is 10.4. The molecule has 0 spiro atoms. The standard InChI is InChI=1S/C7H12INS/c1-4-9-5(2)7(8)6(3)10/h9H,4H2,1-3H3/b7-5+. The summed E-state index contributed by atoms with van der Waals surface area (Å²) in [6, 6.07) is 0. The Hall–Kier alpha value is 0.360. The molecule has 1 N–H and O–H groups in total. The minimum absolute atomic E-state index is 0.957. The highest BCUT2D eigenvalue weighted by atomic mass is 127. The predicted molar refractivity (Wildman–Crippen MR) is 58.7 cm³/mol. The van der Waals surface area contributed by atoms with Gasteiger partial charge in [-0.15, -0.1) is 0 Å². The Morgan fingerprint density at radius 3 is 2.30 bits per heavy atom. The van der Waals surface area contributed by atoms with Gasteiger partial charge >= 0.3 is 0 Å². The van der Waals surface area contributed by atoms with E-state index in [0.717, 1.165) is 15.0 Å². The van der Waals surface area contributed by atoms with E-state index >= 15 is 0 Å². The van der Waals surface area contributed by atoms with Crippen LogP contribution in [0, 0.1) is 0 Å². The lowest BCUT2D eigenvalue weighted by Gasteiger charge is -2.05. The van der Waals surface area contributed by atoms with Crippen LogP contribution in [0.5, 0.6) is 0 Å². The fourth-order valence-corrected chi connectivity index (χ4v) is 0.951. The van der Waals surface area contributed by atoms with Gasteiger partial charge in [-0.1, -0.05) is 12.2 Å². The lowest BCUT2D eigenvalue weighted by atomic mass is 10.3. The lowest BCUT2D eigenvalue weighted by molar-refractivity contribution is 0.855. The smallest absolute Gasteiger partial charge is 0.0453 e. The van der Waals surface area contributed by atoms with Gasteiger partial charge in [0.2, 0.25) is 0 Å². The van der Waals surface area contributed by atoms with Crippen LogP contribution in [0.2, 0.25) is 0 Å². The summed E-state index contributed by atoms with van der Waals surface area (Å²) in [6.45, 7) is 7.02. The molecule has 0 atom stereocenters. The van der Waals surface area contributed by atoms with Gasteiger partial charge < -0.3 is 5.32 Å². The highest BCUT2D eigenvalue weighted by molar-refractivity contribution is 14.1. The van der Waals surface area contributed by atoms with Crippen molar-refractivity contribution < 1.29 is 0 Å². The topological polar surface area (TPSA) is 12.0 Å². The zero-order valence-electron chi connectivity index (χ0n) is 6.49. The summed E-state index contributed by atoms with van der Waals surface area (Å²) in [4.78, 5) is 0.957. The van der Waals surface area contributed by atoms with Crippen LogP contribution in [-0.2, 0) is 0 Å². The highest BCUT2D eigenvalue weighted by Gasteiger charge is 1.97. The van der Waals surface area contributed by atoms with Crippen LogP contribution < -0.4 is 5.32 Å². The van der Waals surface area contributed by atoms with Gasteiger partial charge in [-0.2, -0.15) is 0 Å². The van der Waals surface area contributed by atoms with Crippen molar-refractivity contribution in [3.05, 3.63) is 9.28 Å². The first-order valence-electron chi connectivity index (χ1n) is 3.20. The van der Waals surface area contributed by atoms with Gasteiger partial charge in [-0.05, 0) is 43.4 Å². The fraction of sp³-hybridized carbons (Fsp3) is 0.571. The Morgan fingerprint density at radius 1 is 1.50 bits per heavy atom. The van der Waals surface area contributed by atoms with E-state index in [1.165, 1.54) is 5.70 Å². The van der Waals surface area contributed by atoms with E-state index in [1.807, 2.05) is 13.8 Å². The largest absolute Gasteiger partial charge is 0.388 e. The van der Waals surface area contributed by atoms with Crippen LogP contribution in [0.1, 0.15) is 20.8 Å². The van der Waals surface area contributed by atoms with Crippen molar-refractivity contribution in [3.63, 3.8) is 0 Å². The molecular weight excluding hydrogens is 257 g/mol. The SMILES string of the molecule is CCN/C(C)=C(/I)C(C)=S. The summed E-state index contributed by atoms with van der Waals surface area (Å²) < 4.78 is 1.16. The first-order valence-corrected chi connectivity index (χ1v) is 4.69. The summed E-state index contributed by atoms with van der Waals surface area (Å²) in [7, 11) is 0. The third-order valence-electron chi connectivity index (χ3n) is 1.08. The average molecular weight is 269 g/mol. The molecule has 0 rings (SSSR count). The van der Waals surface area contributed by atoms with Crippen LogP contribution >= 0.6 is 34.8 Å². The molecule has 0 unspecified atom stereocenters. The molecule has 0 heterocycles. The predicted octanol–water partition coefficient (Wildman–Crippen LogP) is 2.65. The van der Waals surface area contributed by atoms with E-state index < -0.39 is 0 Å². The molecule has 0 saturated carbocycles. The Balaban J connectivity index is 4.19. The summed E-state index contributed by atoms with van der Waals surface area (Å²) in [5.41, 5.74) is 1.18. The Kier molecular flexibility index (Phi) is 5.25. The maximum atomic E-state index is 5.00. The lowest BCUT2D eigenvalue weighted by Crippen LogP contribution is -2.11. The summed E-state index contributed by atoms with van der Waals surface area (Å²) in [5, 5.41) is 3.21. The van der Waals surface area contributed by atoms with Crippen LogP contribution in [0.25, 0.3) is 0 Å². The van der Waals surface area contributed by atoms with Gasteiger partial charge in [0.05, 0.1) is 0 Å². The monoisotopic (exact) mass is 269 g/mol. The zero-order chi connectivity index (χ0) is 8.15. The van der Waals surface area contributed by atoms with Crippen LogP contribution in [0.4, 0.5) is 0 Å². The van der Waals surface area contributed by atoms with Gasteiger partial charge in [0.1, 0.15) is 0 Å². The van der Waals surface area contributed by atoms with E-state index in [-0.39, 0.29) is 0 Å². The normalized spacial score (nSPS) is 12.4. The Labute approximate surface area is 81.4 Å². The number of thiocarbonyl (C=S) groups is 1. The number of hydrogen-bond donors (Lipinski definition) is 1. The second-order valence-corrected chi connectivity index (χ2v) is 3.72. The molecule has 0 aromatic carbocycles. The average Bonchev–Trinajstić information content (AvgIpc) is 1.87. The molecule has 1 nitrogen and oxygen atoms in total. The summed E-state index contributed by atoms with van der Waals surface area (Å²) in [6.07, 6.45) is 0. The van der Waals surface area contributed by atoms with Crippen LogP contribution in [0.15, 0.2) is 9.28 Å². The zero-order valence-corrected chi connectivity index (χ0v) is 9.47. The van der Waals surface area contributed by atoms with Crippen LogP contribution in [0.3, 0.4) is 0 Å². The van der Waals surface area contributed by atoms with E-state index in [0.29, 0.717) is 0 Å². The second kappa shape index (κ2) is 5.07. The van der Waals surface area contributed by atoms with Crippen molar-refractivity contribution in [3.8, 4) is 0 Å². The molecule has 0 aromatic heterocycles. The molecule has 0 amide bonds. The first-order chi connectivity index (χ1) is 4.59. The molecule has 0 saturated heterocycles.